The van der Waals surface area contributed by atoms with Gasteiger partial charge in [-0.15, -0.1) is 0 Å². The van der Waals surface area contributed by atoms with Gasteiger partial charge in [-0.3, -0.25) is 4.90 Å². The number of alkyl halides is 3. The number of halogens is 3. The van der Waals surface area contributed by atoms with Gasteiger partial charge in [-0.1, -0.05) is 38.1 Å². The largest absolute Gasteiger partial charge is 0.490 e. The first-order chi connectivity index (χ1) is 16.3. The topological polar surface area (TPSA) is 88.7 Å². The summed E-state index contributed by atoms with van der Waals surface area (Å²) in [5, 5.41) is 11.3. The molecule has 0 aliphatic carbocycles. The Balaban J connectivity index is 0.000000540. The fourth-order valence-electron chi connectivity index (χ4n) is 3.76. The third kappa shape index (κ3) is 9.60. The number of ether oxygens (including phenoxy) is 1. The smallest absolute Gasteiger partial charge is 0.475 e. The van der Waals surface area contributed by atoms with Crippen LogP contribution in [0.3, 0.4) is 0 Å². The van der Waals surface area contributed by atoms with Crippen molar-refractivity contribution in [1.29, 1.82) is 0 Å². The summed E-state index contributed by atoms with van der Waals surface area (Å²) in [7, 11) is 0. The summed E-state index contributed by atoms with van der Waals surface area (Å²) in [6.45, 7) is 16.1. The maximum Gasteiger partial charge on any atom is 0.490 e. The number of hydrogen-bond donors (Lipinski definition) is 1. The Morgan fingerprint density at radius 2 is 1.66 bits per heavy atom. The van der Waals surface area contributed by atoms with Gasteiger partial charge in [0.2, 0.25) is 5.89 Å². The van der Waals surface area contributed by atoms with Gasteiger partial charge in [0.05, 0.1) is 13.2 Å². The third-order valence-electron chi connectivity index (χ3n) is 5.87. The van der Waals surface area contributed by atoms with E-state index >= 15 is 0 Å². The molecule has 0 atom stereocenters. The van der Waals surface area contributed by atoms with E-state index in [-0.39, 0.29) is 5.41 Å². The average molecular weight is 500 g/mol. The number of rotatable bonds is 7. The highest BCUT2D eigenvalue weighted by molar-refractivity contribution is 5.73. The van der Waals surface area contributed by atoms with E-state index in [0.717, 1.165) is 70.2 Å². The van der Waals surface area contributed by atoms with E-state index < -0.39 is 12.1 Å². The predicted octanol–water partition coefficient (Wildman–Crippen LogP) is 4.86. The number of aliphatic carboxylic acids is 1. The number of aromatic nitrogens is 2. The van der Waals surface area contributed by atoms with E-state index in [1.165, 1.54) is 22.3 Å². The molecule has 2 aromatic rings. The fourth-order valence-corrected chi connectivity index (χ4v) is 3.76. The summed E-state index contributed by atoms with van der Waals surface area (Å²) in [6.07, 6.45) is -1.25. The minimum atomic E-state index is -5.08. The van der Waals surface area contributed by atoms with Gasteiger partial charge in [0, 0.05) is 25.9 Å². The molecule has 0 saturated carbocycles. The molecule has 1 fully saturated rings. The second-order valence-electron chi connectivity index (χ2n) is 9.83. The molecule has 35 heavy (non-hydrogen) atoms. The first kappa shape index (κ1) is 28.8. The second kappa shape index (κ2) is 12.5. The SMILES string of the molecule is Cc1cc(C(C)(C)C)cc(C)c1Cc1noc(CCCCN2CCOCC2)n1.O=C(O)C(F)(F)F. The monoisotopic (exact) mass is 499 g/mol. The van der Waals surface area contributed by atoms with Crippen molar-refractivity contribution in [3.63, 3.8) is 0 Å². The Kier molecular flexibility index (Phi) is 10.3. The first-order valence-corrected chi connectivity index (χ1v) is 11.8. The van der Waals surface area contributed by atoms with Gasteiger partial charge in [-0.2, -0.15) is 18.2 Å². The molecule has 1 aromatic carbocycles. The minimum absolute atomic E-state index is 0.161. The summed E-state index contributed by atoms with van der Waals surface area (Å²) in [4.78, 5) is 16.0. The van der Waals surface area contributed by atoms with Crippen LogP contribution >= 0.6 is 0 Å². The predicted molar refractivity (Wildman–Crippen MR) is 126 cm³/mol. The Morgan fingerprint density at radius 3 is 2.17 bits per heavy atom. The molecule has 7 nitrogen and oxygen atoms in total. The first-order valence-electron chi connectivity index (χ1n) is 11.8. The number of nitrogens with zero attached hydrogens (tertiary/aromatic N) is 3. The Morgan fingerprint density at radius 1 is 1.09 bits per heavy atom. The van der Waals surface area contributed by atoms with E-state index in [1.54, 1.807) is 0 Å². The highest BCUT2D eigenvalue weighted by atomic mass is 19.4. The van der Waals surface area contributed by atoms with Gasteiger partial charge in [0.25, 0.3) is 0 Å². The van der Waals surface area contributed by atoms with Crippen LogP contribution in [0.25, 0.3) is 0 Å². The normalized spacial score (nSPS) is 15.0. The van der Waals surface area contributed by atoms with Gasteiger partial charge in [0.1, 0.15) is 0 Å². The number of unbranched alkanes of at least 4 members (excludes halogenated alkanes) is 1. The van der Waals surface area contributed by atoms with Gasteiger partial charge in [-0.05, 0) is 60.9 Å². The molecule has 1 saturated heterocycles. The van der Waals surface area contributed by atoms with Crippen LogP contribution in [0.15, 0.2) is 16.7 Å². The molecular formula is C25H36F3N3O4. The van der Waals surface area contributed by atoms with Crippen LogP contribution < -0.4 is 0 Å². The molecule has 0 spiro atoms. The van der Waals surface area contributed by atoms with E-state index in [4.69, 9.17) is 19.2 Å². The highest BCUT2D eigenvalue weighted by Gasteiger charge is 2.38. The average Bonchev–Trinajstić information content (AvgIpc) is 3.21. The highest BCUT2D eigenvalue weighted by Crippen LogP contribution is 2.27. The van der Waals surface area contributed by atoms with Crippen molar-refractivity contribution in [2.75, 3.05) is 32.8 Å². The maximum absolute atomic E-state index is 10.6. The zero-order valence-electron chi connectivity index (χ0n) is 21.2. The number of hydrogen-bond acceptors (Lipinski definition) is 6. The molecule has 0 radical (unpaired) electrons. The van der Waals surface area contributed by atoms with E-state index in [2.05, 4.69) is 61.8 Å². The van der Waals surface area contributed by atoms with Crippen molar-refractivity contribution in [2.24, 2.45) is 0 Å². The minimum Gasteiger partial charge on any atom is -0.475 e. The number of aryl methyl sites for hydroxylation is 3. The molecule has 3 rings (SSSR count). The second-order valence-corrected chi connectivity index (χ2v) is 9.83. The van der Waals surface area contributed by atoms with Crippen LogP contribution in [-0.4, -0.2) is 65.1 Å². The van der Waals surface area contributed by atoms with Crippen LogP contribution in [0.5, 0.6) is 0 Å². The molecule has 1 N–H and O–H groups in total. The number of benzene rings is 1. The van der Waals surface area contributed by atoms with Crippen molar-refractivity contribution < 1.29 is 32.3 Å². The summed E-state index contributed by atoms with van der Waals surface area (Å²) in [6, 6.07) is 4.60. The quantitative estimate of drug-likeness (QED) is 0.544. The Hall–Kier alpha value is -2.46. The lowest BCUT2D eigenvalue weighted by Crippen LogP contribution is -2.36. The van der Waals surface area contributed by atoms with Crippen molar-refractivity contribution in [3.05, 3.63) is 46.1 Å². The lowest BCUT2D eigenvalue weighted by Gasteiger charge is -2.26. The van der Waals surface area contributed by atoms with Crippen LogP contribution in [-0.2, 0) is 27.8 Å². The van der Waals surface area contributed by atoms with E-state index in [9.17, 15) is 13.2 Å². The van der Waals surface area contributed by atoms with Crippen molar-refractivity contribution >= 4 is 5.97 Å². The van der Waals surface area contributed by atoms with Gasteiger partial charge in [0.15, 0.2) is 5.82 Å². The van der Waals surface area contributed by atoms with Gasteiger partial charge < -0.3 is 14.4 Å². The lowest BCUT2D eigenvalue weighted by molar-refractivity contribution is -0.192. The number of carbonyl (C=O) groups is 1. The molecule has 2 heterocycles. The van der Waals surface area contributed by atoms with Crippen molar-refractivity contribution in [3.8, 4) is 0 Å². The van der Waals surface area contributed by atoms with E-state index in [1.807, 2.05) is 0 Å². The molecule has 0 bridgehead atoms. The van der Waals surface area contributed by atoms with Crippen LogP contribution in [0.2, 0.25) is 0 Å². The molecule has 10 heteroatoms. The lowest BCUT2D eigenvalue weighted by atomic mass is 9.83. The Labute approximate surface area is 204 Å². The summed E-state index contributed by atoms with van der Waals surface area (Å²) < 4.78 is 42.6. The van der Waals surface area contributed by atoms with Gasteiger partial charge >= 0.3 is 12.1 Å². The van der Waals surface area contributed by atoms with E-state index in [0.29, 0.717) is 0 Å². The molecular weight excluding hydrogens is 463 g/mol. The summed E-state index contributed by atoms with van der Waals surface area (Å²) in [5.74, 6) is -1.20. The Bertz CT molecular complexity index is 939. The van der Waals surface area contributed by atoms with Crippen molar-refractivity contribution in [1.82, 2.24) is 15.0 Å². The molecule has 196 valence electrons. The van der Waals surface area contributed by atoms with Crippen LogP contribution in [0, 0.1) is 13.8 Å². The zero-order valence-corrected chi connectivity index (χ0v) is 21.2. The van der Waals surface area contributed by atoms with Crippen LogP contribution in [0.1, 0.15) is 67.6 Å². The molecule has 1 aliphatic rings. The molecule has 0 amide bonds. The van der Waals surface area contributed by atoms with Crippen molar-refractivity contribution in [2.45, 2.75) is 71.9 Å². The third-order valence-corrected chi connectivity index (χ3v) is 5.87. The van der Waals surface area contributed by atoms with Crippen LogP contribution in [0.4, 0.5) is 13.2 Å². The number of carboxylic acids is 1. The molecule has 0 unspecified atom stereocenters. The standard InChI is InChI=1S/C23H35N3O2.C2HF3O2/c1-17-14-19(23(3,4)5)15-18(2)20(17)16-21-24-22(28-25-21)8-6-7-9-26-10-12-27-13-11-26;3-2(4,5)1(6)7/h14-15H,6-13,16H2,1-5H3;(H,6,7). The number of carboxylic acid groups (broad SMARTS) is 1. The fraction of sp³-hybridized carbons (Fsp3) is 0.640. The van der Waals surface area contributed by atoms with Gasteiger partial charge in [-0.25, -0.2) is 4.79 Å². The molecule has 1 aromatic heterocycles. The summed E-state index contributed by atoms with van der Waals surface area (Å²) >= 11 is 0. The summed E-state index contributed by atoms with van der Waals surface area (Å²) in [5.41, 5.74) is 5.46. The number of morpholine rings is 1. The maximum atomic E-state index is 10.6. The zero-order chi connectivity index (χ0) is 26.2. The molecule has 1 aliphatic heterocycles.